The van der Waals surface area contributed by atoms with E-state index in [4.69, 9.17) is 9.84 Å². The largest absolute Gasteiger partial charge is 0.484 e. The summed E-state index contributed by atoms with van der Waals surface area (Å²) in [4.78, 5) is 29.8. The van der Waals surface area contributed by atoms with Crippen LogP contribution < -0.4 is 15.1 Å². The number of anilines is 1. The molecule has 9 heteroatoms. The summed E-state index contributed by atoms with van der Waals surface area (Å²) < 4.78 is 7.70. The predicted molar refractivity (Wildman–Crippen MR) is 156 cm³/mol. The normalized spacial score (nSPS) is 19.3. The number of nitrogens with one attached hydrogen (secondary N) is 1. The van der Waals surface area contributed by atoms with Crippen molar-refractivity contribution in [2.45, 2.75) is 65.0 Å². The minimum Gasteiger partial charge on any atom is -0.484 e. The molecule has 1 N–H and O–H groups in total. The Balaban J connectivity index is 1.22. The van der Waals surface area contributed by atoms with Crippen LogP contribution >= 0.6 is 0 Å². The summed E-state index contributed by atoms with van der Waals surface area (Å²) >= 11 is 0. The fourth-order valence-electron chi connectivity index (χ4n) is 5.72. The van der Waals surface area contributed by atoms with E-state index in [2.05, 4.69) is 29.3 Å². The maximum atomic E-state index is 12.8. The monoisotopic (exact) mass is 542 g/mol. The average Bonchev–Trinajstić information content (AvgIpc) is 3.60. The number of ether oxygens (including phenoxy) is 1. The Labute approximate surface area is 235 Å². The van der Waals surface area contributed by atoms with E-state index in [1.165, 1.54) is 0 Å². The first-order chi connectivity index (χ1) is 19.4. The molecule has 2 fully saturated rings. The summed E-state index contributed by atoms with van der Waals surface area (Å²) in [6.45, 7) is 8.04. The van der Waals surface area contributed by atoms with E-state index < -0.39 is 0 Å². The lowest BCUT2D eigenvalue weighted by Gasteiger charge is -2.38. The number of hydrogen-bond donors (Lipinski definition) is 1. The summed E-state index contributed by atoms with van der Waals surface area (Å²) in [5, 5.41) is 9.07. The molecule has 5 rings (SSSR count). The smallest absolute Gasteiger partial charge is 0.271 e. The average molecular weight is 543 g/mol. The van der Waals surface area contributed by atoms with Gasteiger partial charge in [0.25, 0.3) is 11.8 Å². The van der Waals surface area contributed by atoms with Crippen molar-refractivity contribution in [1.82, 2.24) is 20.1 Å². The molecule has 9 nitrogen and oxygen atoms in total. The van der Waals surface area contributed by atoms with Gasteiger partial charge in [0.15, 0.2) is 6.61 Å². The zero-order valence-corrected chi connectivity index (χ0v) is 23.5. The highest BCUT2D eigenvalue weighted by Crippen LogP contribution is 2.29. The van der Waals surface area contributed by atoms with Gasteiger partial charge in [-0.1, -0.05) is 18.2 Å². The molecule has 0 unspecified atom stereocenters. The van der Waals surface area contributed by atoms with Crippen LogP contribution in [0.3, 0.4) is 0 Å². The first-order valence-corrected chi connectivity index (χ1v) is 14.2. The first-order valence-electron chi connectivity index (χ1n) is 14.2. The molecule has 1 aromatic heterocycles. The van der Waals surface area contributed by atoms with E-state index in [1.54, 1.807) is 30.5 Å². The zero-order valence-electron chi connectivity index (χ0n) is 23.5. The van der Waals surface area contributed by atoms with Gasteiger partial charge in [0.1, 0.15) is 11.6 Å². The second-order valence-electron chi connectivity index (χ2n) is 10.7. The molecule has 2 aliphatic rings. The summed E-state index contributed by atoms with van der Waals surface area (Å²) in [5.74, 6) is 1.20. The molecule has 3 aromatic rings. The Bertz CT molecular complexity index is 1340. The molecule has 3 heterocycles. The Morgan fingerprint density at radius 3 is 2.35 bits per heavy atom. The number of likely N-dealkylation sites (tertiary alicyclic amines) is 1. The lowest BCUT2D eigenvalue weighted by Crippen LogP contribution is -2.49. The molecule has 0 bridgehead atoms. The Morgan fingerprint density at radius 1 is 1.00 bits per heavy atom. The molecular weight excluding hydrogens is 504 g/mol. The van der Waals surface area contributed by atoms with Crippen molar-refractivity contribution in [1.29, 1.82) is 0 Å². The molecule has 2 saturated heterocycles. The number of piperidine rings is 1. The highest BCUT2D eigenvalue weighted by Gasteiger charge is 2.29. The van der Waals surface area contributed by atoms with E-state index in [0.717, 1.165) is 68.0 Å². The summed E-state index contributed by atoms with van der Waals surface area (Å²) in [7, 11) is 0. The SMILES string of the molecule is Cc1nn(-c2ccccc2)c(N2CCCC2)c1/C=N\NC(=O)c1ccc(OCC(=O)N2[C@H](C)CCC[C@@H]2C)cc1. The molecule has 0 spiro atoms. The van der Waals surface area contributed by atoms with Crippen LogP contribution in [0.4, 0.5) is 5.82 Å². The molecule has 0 aliphatic carbocycles. The molecule has 210 valence electrons. The van der Waals surface area contributed by atoms with Crippen LogP contribution in [0.2, 0.25) is 0 Å². The van der Waals surface area contributed by atoms with Crippen molar-refractivity contribution in [2.75, 3.05) is 24.6 Å². The third-order valence-electron chi connectivity index (χ3n) is 7.81. The van der Waals surface area contributed by atoms with Crippen molar-refractivity contribution in [3.8, 4) is 11.4 Å². The van der Waals surface area contributed by atoms with Gasteiger partial charge in [-0.2, -0.15) is 10.2 Å². The van der Waals surface area contributed by atoms with Crippen LogP contribution in [0.5, 0.6) is 5.75 Å². The second kappa shape index (κ2) is 12.4. The van der Waals surface area contributed by atoms with Crippen LogP contribution in [0.15, 0.2) is 59.7 Å². The number of amides is 2. The quantitative estimate of drug-likeness (QED) is 0.329. The Morgan fingerprint density at radius 2 is 1.68 bits per heavy atom. The number of rotatable bonds is 8. The highest BCUT2D eigenvalue weighted by atomic mass is 16.5. The van der Waals surface area contributed by atoms with Crippen molar-refractivity contribution < 1.29 is 14.3 Å². The summed E-state index contributed by atoms with van der Waals surface area (Å²) in [6.07, 6.45) is 7.15. The van der Waals surface area contributed by atoms with Gasteiger partial charge in [-0.15, -0.1) is 0 Å². The number of para-hydroxylation sites is 1. The minimum absolute atomic E-state index is 0.00460. The van der Waals surface area contributed by atoms with Gasteiger partial charge in [0.2, 0.25) is 0 Å². The van der Waals surface area contributed by atoms with Crippen molar-refractivity contribution >= 4 is 23.8 Å². The molecular formula is C31H38N6O3. The lowest BCUT2D eigenvalue weighted by molar-refractivity contribution is -0.139. The van der Waals surface area contributed by atoms with Crippen LogP contribution in [0.25, 0.3) is 5.69 Å². The van der Waals surface area contributed by atoms with Crippen LogP contribution in [0, 0.1) is 6.92 Å². The van der Waals surface area contributed by atoms with Crippen molar-refractivity contribution in [3.63, 3.8) is 0 Å². The third-order valence-corrected chi connectivity index (χ3v) is 7.81. The minimum atomic E-state index is -0.328. The Kier molecular flexibility index (Phi) is 8.48. The number of carbonyl (C=O) groups is 2. The van der Waals surface area contributed by atoms with E-state index in [1.807, 2.05) is 46.8 Å². The van der Waals surface area contributed by atoms with Gasteiger partial charge in [-0.25, -0.2) is 10.1 Å². The highest BCUT2D eigenvalue weighted by molar-refractivity contribution is 5.96. The summed E-state index contributed by atoms with van der Waals surface area (Å²) in [6, 6.07) is 17.3. The molecule has 0 radical (unpaired) electrons. The van der Waals surface area contributed by atoms with Gasteiger partial charge >= 0.3 is 0 Å². The molecule has 2 amide bonds. The number of benzene rings is 2. The van der Waals surface area contributed by atoms with Gasteiger partial charge < -0.3 is 14.5 Å². The first kappa shape index (κ1) is 27.4. The summed E-state index contributed by atoms with van der Waals surface area (Å²) in [5.41, 5.74) is 5.80. The van der Waals surface area contributed by atoms with Crippen LogP contribution in [-0.2, 0) is 4.79 Å². The van der Waals surface area contributed by atoms with E-state index >= 15 is 0 Å². The number of nitrogens with zero attached hydrogens (tertiary/aromatic N) is 5. The van der Waals surface area contributed by atoms with Gasteiger partial charge in [-0.05, 0) is 89.3 Å². The van der Waals surface area contributed by atoms with Gasteiger partial charge in [-0.3, -0.25) is 9.59 Å². The van der Waals surface area contributed by atoms with E-state index in [0.29, 0.717) is 11.3 Å². The van der Waals surface area contributed by atoms with Crippen molar-refractivity contribution in [3.05, 3.63) is 71.4 Å². The fraction of sp³-hybridized carbons (Fsp3) is 0.419. The second-order valence-corrected chi connectivity index (χ2v) is 10.7. The molecule has 2 aliphatic heterocycles. The van der Waals surface area contributed by atoms with Crippen LogP contribution in [-0.4, -0.2) is 64.5 Å². The topological polar surface area (TPSA) is 92.1 Å². The van der Waals surface area contributed by atoms with Gasteiger partial charge in [0, 0.05) is 30.7 Å². The van der Waals surface area contributed by atoms with E-state index in [-0.39, 0.29) is 30.5 Å². The zero-order chi connectivity index (χ0) is 28.1. The maximum Gasteiger partial charge on any atom is 0.271 e. The maximum absolute atomic E-state index is 12.8. The fourth-order valence-corrected chi connectivity index (χ4v) is 5.72. The molecule has 2 aromatic carbocycles. The van der Waals surface area contributed by atoms with Crippen LogP contribution in [0.1, 0.15) is 67.6 Å². The molecule has 0 saturated carbocycles. The standard InChI is InChI=1S/C31H38N6O3/c1-22-10-9-11-23(2)36(22)29(38)21-40-27-16-14-25(15-17-27)30(39)33-32-20-28-24(3)34-37(26-12-5-4-6-13-26)31(28)35-18-7-8-19-35/h4-6,12-17,20,22-23H,7-11,18-19,21H2,1-3H3,(H,33,39)/b32-20-/t22-,23+. The number of aryl methyl sites for hydroxylation is 1. The predicted octanol–water partition coefficient (Wildman–Crippen LogP) is 4.71. The van der Waals surface area contributed by atoms with Gasteiger partial charge in [0.05, 0.1) is 23.2 Å². The van der Waals surface area contributed by atoms with Crippen molar-refractivity contribution in [2.24, 2.45) is 5.10 Å². The number of hydrogen-bond acceptors (Lipinski definition) is 6. The number of aromatic nitrogens is 2. The Hall–Kier alpha value is -4.14. The van der Waals surface area contributed by atoms with E-state index in [9.17, 15) is 9.59 Å². The lowest BCUT2D eigenvalue weighted by atomic mass is 9.97. The molecule has 40 heavy (non-hydrogen) atoms. The third kappa shape index (κ3) is 6.03. The number of carbonyl (C=O) groups excluding carboxylic acids is 2. The molecule has 2 atom stereocenters. The number of hydrazone groups is 1.